The predicted octanol–water partition coefficient (Wildman–Crippen LogP) is 3.86. The number of hydrogen-bond acceptors (Lipinski definition) is 3. The minimum Gasteiger partial charge on any atom is -0.464 e. The van der Waals surface area contributed by atoms with E-state index in [1.807, 2.05) is 49.2 Å². The van der Waals surface area contributed by atoms with Crippen molar-refractivity contribution in [3.05, 3.63) is 51.9 Å². The van der Waals surface area contributed by atoms with Gasteiger partial charge in [0.1, 0.15) is 17.6 Å². The monoisotopic (exact) mass is 304 g/mol. The topological polar surface area (TPSA) is 40.2 Å². The molecule has 4 heteroatoms. The van der Waals surface area contributed by atoms with Crippen LogP contribution in [0.15, 0.2) is 39.2 Å². The van der Waals surface area contributed by atoms with Crippen molar-refractivity contribution in [3.8, 4) is 6.07 Å². The van der Waals surface area contributed by atoms with Crippen molar-refractivity contribution in [2.75, 3.05) is 11.9 Å². The lowest BCUT2D eigenvalue weighted by Crippen LogP contribution is -2.17. The van der Waals surface area contributed by atoms with Crippen molar-refractivity contribution >= 4 is 21.6 Å². The number of benzene rings is 1. The van der Waals surface area contributed by atoms with Gasteiger partial charge in [-0.25, -0.2) is 0 Å². The summed E-state index contributed by atoms with van der Waals surface area (Å²) < 4.78 is 6.35. The van der Waals surface area contributed by atoms with Crippen LogP contribution < -0.4 is 4.90 Å². The third-order valence-corrected chi connectivity index (χ3v) is 3.36. The molecule has 2 rings (SSSR count). The van der Waals surface area contributed by atoms with Crippen LogP contribution >= 0.6 is 15.9 Å². The molecule has 1 aromatic carbocycles. The molecule has 0 N–H and O–H groups in total. The number of aryl methyl sites for hydroxylation is 1. The van der Waals surface area contributed by atoms with Crippen LogP contribution in [-0.2, 0) is 6.54 Å². The van der Waals surface area contributed by atoms with Crippen molar-refractivity contribution < 1.29 is 4.42 Å². The summed E-state index contributed by atoms with van der Waals surface area (Å²) in [5.74, 6) is 1.78. The minimum atomic E-state index is 0.638. The summed E-state index contributed by atoms with van der Waals surface area (Å²) in [6.07, 6.45) is 0. The molecule has 92 valence electrons. The highest BCUT2D eigenvalue weighted by molar-refractivity contribution is 9.10. The summed E-state index contributed by atoms with van der Waals surface area (Å²) in [4.78, 5) is 2.00. The first-order valence-corrected chi connectivity index (χ1v) is 6.36. The normalized spacial score (nSPS) is 10.1. The molecule has 0 bridgehead atoms. The maximum absolute atomic E-state index is 9.19. The van der Waals surface area contributed by atoms with E-state index < -0.39 is 0 Å². The molecule has 0 radical (unpaired) electrons. The van der Waals surface area contributed by atoms with Gasteiger partial charge in [-0.3, -0.25) is 0 Å². The van der Waals surface area contributed by atoms with Crippen molar-refractivity contribution in [1.82, 2.24) is 0 Å². The zero-order chi connectivity index (χ0) is 13.1. The molecule has 0 saturated carbocycles. The Morgan fingerprint density at radius 3 is 2.72 bits per heavy atom. The van der Waals surface area contributed by atoms with Crippen LogP contribution in [0.4, 0.5) is 5.69 Å². The molecule has 2 aromatic rings. The summed E-state index contributed by atoms with van der Waals surface area (Å²) in [5.41, 5.74) is 1.53. The first-order valence-electron chi connectivity index (χ1n) is 5.57. The highest BCUT2D eigenvalue weighted by Crippen LogP contribution is 2.27. The van der Waals surface area contributed by atoms with Gasteiger partial charge in [0.25, 0.3) is 0 Å². The smallest absolute Gasteiger partial charge is 0.123 e. The van der Waals surface area contributed by atoms with E-state index in [4.69, 9.17) is 4.42 Å². The summed E-state index contributed by atoms with van der Waals surface area (Å²) in [6.45, 7) is 2.56. The molecule has 1 heterocycles. The Morgan fingerprint density at radius 2 is 2.11 bits per heavy atom. The molecule has 0 amide bonds. The zero-order valence-electron chi connectivity index (χ0n) is 10.3. The second-order valence-electron chi connectivity index (χ2n) is 4.11. The van der Waals surface area contributed by atoms with E-state index in [0.717, 1.165) is 21.7 Å². The Hall–Kier alpha value is -1.73. The Morgan fingerprint density at radius 1 is 1.33 bits per heavy atom. The molecule has 0 spiro atoms. The van der Waals surface area contributed by atoms with Gasteiger partial charge in [-0.2, -0.15) is 5.26 Å². The Kier molecular flexibility index (Phi) is 3.73. The minimum absolute atomic E-state index is 0.638. The van der Waals surface area contributed by atoms with Crippen molar-refractivity contribution in [1.29, 1.82) is 5.26 Å². The molecular formula is C14H13BrN2O. The lowest BCUT2D eigenvalue weighted by Gasteiger charge is -2.19. The second kappa shape index (κ2) is 5.28. The fraction of sp³-hybridized carbons (Fsp3) is 0.214. The number of nitrogens with zero attached hydrogens (tertiary/aromatic N) is 2. The number of anilines is 1. The van der Waals surface area contributed by atoms with Gasteiger partial charge in [-0.1, -0.05) is 6.07 Å². The van der Waals surface area contributed by atoms with Gasteiger partial charge in [0.05, 0.1) is 17.8 Å². The van der Waals surface area contributed by atoms with Crippen LogP contribution in [0.5, 0.6) is 0 Å². The maximum atomic E-state index is 9.19. The molecule has 0 atom stereocenters. The number of furan rings is 1. The molecule has 0 saturated heterocycles. The number of halogens is 1. The quantitative estimate of drug-likeness (QED) is 0.864. The first kappa shape index (κ1) is 12.7. The lowest BCUT2D eigenvalue weighted by molar-refractivity contribution is 0.482. The molecule has 3 nitrogen and oxygen atoms in total. The van der Waals surface area contributed by atoms with Crippen LogP contribution in [0.3, 0.4) is 0 Å². The van der Waals surface area contributed by atoms with Crippen LogP contribution in [0, 0.1) is 18.3 Å². The van der Waals surface area contributed by atoms with Crippen molar-refractivity contribution in [3.63, 3.8) is 0 Å². The Bertz CT molecular complexity index is 598. The average molecular weight is 305 g/mol. The molecule has 18 heavy (non-hydrogen) atoms. The average Bonchev–Trinajstić information content (AvgIpc) is 2.74. The fourth-order valence-electron chi connectivity index (χ4n) is 1.83. The molecule has 0 unspecified atom stereocenters. The summed E-state index contributed by atoms with van der Waals surface area (Å²) in [6, 6.07) is 11.8. The van der Waals surface area contributed by atoms with Crippen LogP contribution in [0.25, 0.3) is 0 Å². The predicted molar refractivity (Wildman–Crippen MR) is 74.4 cm³/mol. The van der Waals surface area contributed by atoms with E-state index in [1.54, 1.807) is 0 Å². The molecule has 0 aliphatic carbocycles. The largest absolute Gasteiger partial charge is 0.464 e. The zero-order valence-corrected chi connectivity index (χ0v) is 11.9. The SMILES string of the molecule is Cc1ccc(CN(C)c2cccc(Br)c2C#N)o1. The van der Waals surface area contributed by atoms with E-state index in [-0.39, 0.29) is 0 Å². The van der Waals surface area contributed by atoms with Crippen molar-refractivity contribution in [2.45, 2.75) is 13.5 Å². The molecule has 0 aliphatic heterocycles. The summed E-state index contributed by atoms with van der Waals surface area (Å²) >= 11 is 3.39. The van der Waals surface area contributed by atoms with Crippen molar-refractivity contribution in [2.24, 2.45) is 0 Å². The highest BCUT2D eigenvalue weighted by Gasteiger charge is 2.11. The number of hydrogen-bond donors (Lipinski definition) is 0. The van der Waals surface area contributed by atoms with Crippen LogP contribution in [0.2, 0.25) is 0 Å². The molecule has 1 aromatic heterocycles. The molecule has 0 fully saturated rings. The Labute approximate surface area is 115 Å². The van der Waals surface area contributed by atoms with Crippen LogP contribution in [0.1, 0.15) is 17.1 Å². The van der Waals surface area contributed by atoms with Gasteiger partial charge >= 0.3 is 0 Å². The molecular weight excluding hydrogens is 292 g/mol. The van der Waals surface area contributed by atoms with Gasteiger partial charge < -0.3 is 9.32 Å². The van der Waals surface area contributed by atoms with Gasteiger partial charge in [0.15, 0.2) is 0 Å². The van der Waals surface area contributed by atoms with E-state index in [1.165, 1.54) is 0 Å². The summed E-state index contributed by atoms with van der Waals surface area (Å²) in [5, 5.41) is 9.19. The number of nitriles is 1. The van der Waals surface area contributed by atoms with Gasteiger partial charge in [-0.05, 0) is 47.1 Å². The van der Waals surface area contributed by atoms with E-state index in [2.05, 4.69) is 22.0 Å². The Balaban J connectivity index is 2.27. The molecule has 0 aliphatic rings. The number of rotatable bonds is 3. The standard InChI is InChI=1S/C14H13BrN2O/c1-10-6-7-11(18-10)9-17(2)14-5-3-4-13(15)12(14)8-16/h3-7H,9H2,1-2H3. The lowest BCUT2D eigenvalue weighted by atomic mass is 10.2. The van der Waals surface area contributed by atoms with Gasteiger partial charge in [0.2, 0.25) is 0 Å². The third-order valence-electron chi connectivity index (χ3n) is 2.70. The van der Waals surface area contributed by atoms with Crippen LogP contribution in [-0.4, -0.2) is 7.05 Å². The maximum Gasteiger partial charge on any atom is 0.123 e. The van der Waals surface area contributed by atoms with E-state index in [0.29, 0.717) is 12.1 Å². The highest BCUT2D eigenvalue weighted by atomic mass is 79.9. The first-order chi connectivity index (χ1) is 8.61. The van der Waals surface area contributed by atoms with Gasteiger partial charge in [0, 0.05) is 11.5 Å². The van der Waals surface area contributed by atoms with E-state index >= 15 is 0 Å². The second-order valence-corrected chi connectivity index (χ2v) is 4.97. The third kappa shape index (κ3) is 2.57. The van der Waals surface area contributed by atoms with Gasteiger partial charge in [-0.15, -0.1) is 0 Å². The fourth-order valence-corrected chi connectivity index (χ4v) is 2.27. The summed E-state index contributed by atoms with van der Waals surface area (Å²) in [7, 11) is 1.94. The van der Waals surface area contributed by atoms with E-state index in [9.17, 15) is 5.26 Å².